The summed E-state index contributed by atoms with van der Waals surface area (Å²) in [6, 6.07) is 46.1. The van der Waals surface area contributed by atoms with Crippen LogP contribution in [0.4, 0.5) is 28.4 Å². The van der Waals surface area contributed by atoms with Gasteiger partial charge in [-0.1, -0.05) is 132 Å². The van der Waals surface area contributed by atoms with Crippen molar-refractivity contribution >= 4 is 68.7 Å². The molecule has 0 atom stereocenters. The Morgan fingerprint density at radius 3 is 2.14 bits per heavy atom. The van der Waals surface area contributed by atoms with Crippen LogP contribution >= 0.6 is 11.8 Å². The van der Waals surface area contributed by atoms with E-state index in [1.165, 1.54) is 112 Å². The van der Waals surface area contributed by atoms with Gasteiger partial charge in [-0.3, -0.25) is 0 Å². The number of nitrogens with zero attached hydrogens (tertiary/aromatic N) is 2. The molecule has 0 amide bonds. The van der Waals surface area contributed by atoms with Crippen molar-refractivity contribution in [1.82, 2.24) is 0 Å². The molecule has 0 saturated heterocycles. The first-order valence-corrected chi connectivity index (χ1v) is 21.4. The van der Waals surface area contributed by atoms with E-state index in [-0.39, 0.29) is 23.1 Å². The molecule has 3 nitrogen and oxygen atoms in total. The lowest BCUT2D eigenvalue weighted by Crippen LogP contribution is -2.62. The van der Waals surface area contributed by atoms with Crippen molar-refractivity contribution in [2.45, 2.75) is 87.3 Å². The van der Waals surface area contributed by atoms with Gasteiger partial charge in [0, 0.05) is 60.4 Å². The molecule has 0 aromatic heterocycles. The van der Waals surface area contributed by atoms with Crippen molar-refractivity contribution in [2.75, 3.05) is 9.71 Å². The summed E-state index contributed by atoms with van der Waals surface area (Å²) in [6.45, 7) is 16.8. The van der Waals surface area contributed by atoms with Crippen LogP contribution in [0, 0.1) is 6.92 Å². The minimum absolute atomic E-state index is 0.0594. The largest absolute Gasteiger partial charge is 0.457 e. The molecule has 0 spiro atoms. The molecular weight excluding hydrogens is 711 g/mol. The monoisotopic (exact) mass is 756 g/mol. The number of anilines is 5. The molecule has 0 saturated carbocycles. The third-order valence-electron chi connectivity index (χ3n) is 14.2. The van der Waals surface area contributed by atoms with E-state index >= 15 is 0 Å². The summed E-state index contributed by atoms with van der Waals surface area (Å²) in [5.41, 5.74) is 18.2. The van der Waals surface area contributed by atoms with Gasteiger partial charge in [-0.05, 0) is 106 Å². The summed E-state index contributed by atoms with van der Waals surface area (Å²) >= 11 is 1.90. The van der Waals surface area contributed by atoms with Crippen LogP contribution in [0.5, 0.6) is 11.5 Å². The number of ether oxygens (including phenoxy) is 1. The van der Waals surface area contributed by atoms with Gasteiger partial charge < -0.3 is 14.4 Å². The summed E-state index contributed by atoms with van der Waals surface area (Å²) in [4.78, 5) is 7.94. The van der Waals surface area contributed by atoms with Gasteiger partial charge >= 0.3 is 6.85 Å². The maximum Gasteiger partial charge on any atom is 0.333 e. The minimum Gasteiger partial charge on any atom is -0.457 e. The lowest BCUT2D eigenvalue weighted by atomic mass is 9.42. The van der Waals surface area contributed by atoms with Gasteiger partial charge in [0.1, 0.15) is 11.5 Å². The van der Waals surface area contributed by atoms with E-state index in [9.17, 15) is 0 Å². The SMILES string of the molecule is Cc1cc2c(cc1N1c3cc4c(cc3B3c5c(cc6ccccc6c51)-c1cccc5c1N3c1ccccc1S5)C(C)(C)c1ccccc1O4)C(C)(C)CCC2(C)C. The molecule has 0 fully saturated rings. The fourth-order valence-electron chi connectivity index (χ4n) is 11.1. The lowest BCUT2D eigenvalue weighted by molar-refractivity contribution is 0.332. The summed E-state index contributed by atoms with van der Waals surface area (Å²) in [5.74, 6) is 1.88. The van der Waals surface area contributed by atoms with Crippen LogP contribution in [0.1, 0.15) is 82.2 Å². The topological polar surface area (TPSA) is 15.7 Å². The Morgan fingerprint density at radius 2 is 1.30 bits per heavy atom. The van der Waals surface area contributed by atoms with Gasteiger partial charge in [0.15, 0.2) is 0 Å². The van der Waals surface area contributed by atoms with Crippen molar-refractivity contribution in [1.29, 1.82) is 0 Å². The highest BCUT2D eigenvalue weighted by molar-refractivity contribution is 7.99. The van der Waals surface area contributed by atoms with Gasteiger partial charge in [-0.15, -0.1) is 0 Å². The maximum atomic E-state index is 6.98. The second kappa shape index (κ2) is 11.2. The lowest BCUT2D eigenvalue weighted by Gasteiger charge is -2.49. The summed E-state index contributed by atoms with van der Waals surface area (Å²) in [6.07, 6.45) is 2.35. The predicted molar refractivity (Wildman–Crippen MR) is 240 cm³/mol. The van der Waals surface area contributed by atoms with E-state index in [4.69, 9.17) is 4.74 Å². The number of rotatable bonds is 1. The van der Waals surface area contributed by atoms with Crippen molar-refractivity contribution in [3.63, 3.8) is 0 Å². The molecule has 5 heteroatoms. The Balaban J connectivity index is 1.25. The van der Waals surface area contributed by atoms with Crippen molar-refractivity contribution in [3.8, 4) is 22.6 Å². The molecule has 57 heavy (non-hydrogen) atoms. The Kier molecular flexibility index (Phi) is 6.61. The Hall–Kier alpha value is -5.39. The molecule has 5 aliphatic rings. The molecule has 7 aromatic carbocycles. The zero-order chi connectivity index (χ0) is 38.7. The van der Waals surface area contributed by atoms with Gasteiger partial charge in [0.2, 0.25) is 0 Å². The van der Waals surface area contributed by atoms with E-state index in [1.54, 1.807) is 0 Å². The molecule has 0 unspecified atom stereocenters. The number of fused-ring (bicyclic) bond motifs is 11. The first kappa shape index (κ1) is 33.7. The fraction of sp³-hybridized carbons (Fsp3) is 0.231. The van der Waals surface area contributed by atoms with E-state index in [0.717, 1.165) is 11.5 Å². The van der Waals surface area contributed by atoms with E-state index in [0.29, 0.717) is 0 Å². The normalized spacial score (nSPS) is 18.0. The molecule has 1 aliphatic carbocycles. The molecule has 4 heterocycles. The van der Waals surface area contributed by atoms with E-state index in [1.807, 2.05) is 11.8 Å². The third-order valence-corrected chi connectivity index (χ3v) is 15.3. The maximum absolute atomic E-state index is 6.98. The molecule has 0 bridgehead atoms. The molecule has 278 valence electrons. The van der Waals surface area contributed by atoms with Crippen LogP contribution in [0.2, 0.25) is 0 Å². The second-order valence-corrected chi connectivity index (χ2v) is 19.9. The van der Waals surface area contributed by atoms with Crippen molar-refractivity contribution in [3.05, 3.63) is 149 Å². The highest BCUT2D eigenvalue weighted by atomic mass is 32.2. The number of benzene rings is 7. The van der Waals surface area contributed by atoms with E-state index in [2.05, 4.69) is 180 Å². The van der Waals surface area contributed by atoms with Crippen LogP contribution in [0.25, 0.3) is 21.9 Å². The van der Waals surface area contributed by atoms with Gasteiger partial charge in [0.05, 0.1) is 11.4 Å². The highest BCUT2D eigenvalue weighted by Gasteiger charge is 2.50. The highest BCUT2D eigenvalue weighted by Crippen LogP contribution is 2.58. The summed E-state index contributed by atoms with van der Waals surface area (Å²) in [5, 5.41) is 2.53. The molecule has 0 N–H and O–H groups in total. The zero-order valence-corrected chi connectivity index (χ0v) is 34.6. The quantitative estimate of drug-likeness (QED) is 0.155. The van der Waals surface area contributed by atoms with Crippen LogP contribution < -0.4 is 25.4 Å². The van der Waals surface area contributed by atoms with Gasteiger partial charge in [-0.25, -0.2) is 0 Å². The average Bonchev–Trinajstić information content (AvgIpc) is 3.20. The van der Waals surface area contributed by atoms with Crippen molar-refractivity contribution in [2.24, 2.45) is 0 Å². The second-order valence-electron chi connectivity index (χ2n) is 18.8. The molecular formula is C52H45BN2OS. The van der Waals surface area contributed by atoms with Gasteiger partial charge in [0.25, 0.3) is 0 Å². The average molecular weight is 757 g/mol. The molecule has 12 rings (SSSR count). The number of para-hydroxylation sites is 3. The van der Waals surface area contributed by atoms with Crippen LogP contribution in [0.15, 0.2) is 131 Å². The summed E-state index contributed by atoms with van der Waals surface area (Å²) < 4.78 is 6.98. The van der Waals surface area contributed by atoms with Gasteiger partial charge in [-0.2, -0.15) is 0 Å². The van der Waals surface area contributed by atoms with Crippen LogP contribution in [-0.4, -0.2) is 6.85 Å². The smallest absolute Gasteiger partial charge is 0.333 e. The van der Waals surface area contributed by atoms with Crippen LogP contribution in [-0.2, 0) is 16.2 Å². The Morgan fingerprint density at radius 1 is 0.579 bits per heavy atom. The molecule has 4 aliphatic heterocycles. The standard InChI is InChI=1S/C52H45BN2OS/c1-30-25-36-37(51(4,5)24-23-50(36,2)3)28-41(30)54-42-29-44-38(52(6,7)35-18-10-12-20-43(35)56-44)27-39(42)53-47-34(26-31-15-8-9-16-32(31)49(47)54)33-17-14-22-46-48(33)55(53)40-19-11-13-21-45(40)57-46/h8-22,25-29H,23-24H2,1-7H3. The fourth-order valence-corrected chi connectivity index (χ4v) is 12.2. The van der Waals surface area contributed by atoms with Crippen LogP contribution in [0.3, 0.4) is 0 Å². The molecule has 0 radical (unpaired) electrons. The summed E-state index contributed by atoms with van der Waals surface area (Å²) in [7, 11) is 0. The minimum atomic E-state index is -0.263. The Bertz CT molecular complexity index is 2940. The predicted octanol–water partition coefficient (Wildman–Crippen LogP) is 13.1. The van der Waals surface area contributed by atoms with E-state index < -0.39 is 0 Å². The Labute approximate surface area is 340 Å². The van der Waals surface area contributed by atoms with Crippen molar-refractivity contribution < 1.29 is 4.74 Å². The number of hydrogen-bond donors (Lipinski definition) is 0. The number of aryl methyl sites for hydroxylation is 1. The first-order valence-electron chi connectivity index (χ1n) is 20.6. The third kappa shape index (κ3) is 4.41. The zero-order valence-electron chi connectivity index (χ0n) is 33.7. The first-order chi connectivity index (χ1) is 27.4. The molecule has 7 aromatic rings. The number of hydrogen-bond acceptors (Lipinski definition) is 4.